The average molecular weight is 371 g/mol. The highest BCUT2D eigenvalue weighted by Gasteiger charge is 2.16. The first-order valence-corrected chi connectivity index (χ1v) is 8.55. The van der Waals surface area contributed by atoms with Gasteiger partial charge in [0.2, 0.25) is 0 Å². The van der Waals surface area contributed by atoms with E-state index in [4.69, 9.17) is 18.9 Å². The topological polar surface area (TPSA) is 83.1 Å². The summed E-state index contributed by atoms with van der Waals surface area (Å²) in [6, 6.07) is 10.2. The molecule has 2 aromatic rings. The van der Waals surface area contributed by atoms with E-state index >= 15 is 0 Å². The number of benzene rings is 2. The molecule has 1 heterocycles. The molecule has 142 valence electrons. The zero-order valence-corrected chi connectivity index (χ0v) is 15.2. The third-order valence-electron chi connectivity index (χ3n) is 4.13. The summed E-state index contributed by atoms with van der Waals surface area (Å²) in [5.74, 6) is 0.878. The maximum absolute atomic E-state index is 12.5. The third kappa shape index (κ3) is 4.31. The second-order valence-electron chi connectivity index (χ2n) is 5.92. The number of methoxy groups -OCH3 is 2. The van der Waals surface area contributed by atoms with Crippen molar-refractivity contribution in [2.75, 3.05) is 27.4 Å². The highest BCUT2D eigenvalue weighted by Crippen LogP contribution is 2.30. The van der Waals surface area contributed by atoms with Crippen LogP contribution < -0.4 is 19.5 Å². The van der Waals surface area contributed by atoms with Crippen LogP contribution >= 0.6 is 0 Å². The molecule has 0 fully saturated rings. The Morgan fingerprint density at radius 1 is 1.04 bits per heavy atom. The smallest absolute Gasteiger partial charge is 0.341 e. The minimum absolute atomic E-state index is 0.249. The van der Waals surface area contributed by atoms with Crippen LogP contribution in [0.25, 0.3) is 0 Å². The molecule has 1 N–H and O–H groups in total. The van der Waals surface area contributed by atoms with Gasteiger partial charge in [0.15, 0.2) is 11.5 Å². The minimum atomic E-state index is -0.497. The van der Waals surface area contributed by atoms with Gasteiger partial charge in [0.05, 0.1) is 27.4 Å². The quantitative estimate of drug-likeness (QED) is 0.814. The lowest BCUT2D eigenvalue weighted by molar-refractivity contribution is 0.0597. The molecule has 0 radical (unpaired) electrons. The van der Waals surface area contributed by atoms with E-state index in [1.807, 2.05) is 0 Å². The molecule has 27 heavy (non-hydrogen) atoms. The fourth-order valence-corrected chi connectivity index (χ4v) is 2.72. The molecular weight excluding hydrogens is 350 g/mol. The van der Waals surface area contributed by atoms with Crippen molar-refractivity contribution < 1.29 is 28.5 Å². The van der Waals surface area contributed by atoms with Gasteiger partial charge in [-0.2, -0.15) is 0 Å². The Kier molecular flexibility index (Phi) is 5.80. The van der Waals surface area contributed by atoms with Gasteiger partial charge < -0.3 is 24.3 Å². The summed E-state index contributed by atoms with van der Waals surface area (Å²) in [5, 5.41) is 2.83. The van der Waals surface area contributed by atoms with Crippen molar-refractivity contribution in [3.05, 3.63) is 53.1 Å². The van der Waals surface area contributed by atoms with Crippen LogP contribution in [0.15, 0.2) is 36.4 Å². The zero-order chi connectivity index (χ0) is 19.2. The lowest BCUT2D eigenvalue weighted by Crippen LogP contribution is -2.23. The predicted molar refractivity (Wildman–Crippen MR) is 97.6 cm³/mol. The van der Waals surface area contributed by atoms with Gasteiger partial charge in [-0.15, -0.1) is 0 Å². The molecule has 0 aliphatic carbocycles. The first-order chi connectivity index (χ1) is 13.1. The van der Waals surface area contributed by atoms with Crippen LogP contribution in [0.2, 0.25) is 0 Å². The Labute approximate surface area is 157 Å². The second kappa shape index (κ2) is 8.44. The lowest BCUT2D eigenvalue weighted by atomic mass is 10.1. The third-order valence-corrected chi connectivity index (χ3v) is 4.13. The SMILES string of the molecule is COC(=O)c1cc(CNC(=O)c2ccc3c(c2)OCCCO3)ccc1OC. The Hall–Kier alpha value is -3.22. The first kappa shape index (κ1) is 18.6. The van der Waals surface area contributed by atoms with Gasteiger partial charge in [-0.3, -0.25) is 4.79 Å². The van der Waals surface area contributed by atoms with E-state index in [9.17, 15) is 9.59 Å². The van der Waals surface area contributed by atoms with Crippen molar-refractivity contribution >= 4 is 11.9 Å². The van der Waals surface area contributed by atoms with E-state index in [1.54, 1.807) is 36.4 Å². The van der Waals surface area contributed by atoms with Crippen molar-refractivity contribution in [1.29, 1.82) is 0 Å². The lowest BCUT2D eigenvalue weighted by Gasteiger charge is -2.11. The fourth-order valence-electron chi connectivity index (χ4n) is 2.72. The van der Waals surface area contributed by atoms with E-state index < -0.39 is 5.97 Å². The average Bonchev–Trinajstić information content (AvgIpc) is 2.95. The van der Waals surface area contributed by atoms with Gasteiger partial charge in [-0.05, 0) is 35.9 Å². The number of amides is 1. The predicted octanol–water partition coefficient (Wildman–Crippen LogP) is 2.57. The van der Waals surface area contributed by atoms with Crippen LogP contribution in [0.3, 0.4) is 0 Å². The van der Waals surface area contributed by atoms with E-state index in [0.29, 0.717) is 41.6 Å². The van der Waals surface area contributed by atoms with Gasteiger partial charge in [0.25, 0.3) is 5.91 Å². The highest BCUT2D eigenvalue weighted by molar-refractivity contribution is 5.95. The summed E-state index contributed by atoms with van der Waals surface area (Å²) < 4.78 is 21.1. The Morgan fingerprint density at radius 2 is 1.81 bits per heavy atom. The number of ether oxygens (including phenoxy) is 4. The molecule has 3 rings (SSSR count). The molecule has 2 aromatic carbocycles. The van der Waals surface area contributed by atoms with Crippen LogP contribution in [-0.4, -0.2) is 39.3 Å². The maximum atomic E-state index is 12.5. The second-order valence-corrected chi connectivity index (χ2v) is 5.92. The van der Waals surface area contributed by atoms with Crippen molar-refractivity contribution in [2.24, 2.45) is 0 Å². The summed E-state index contributed by atoms with van der Waals surface area (Å²) in [7, 11) is 2.79. The summed E-state index contributed by atoms with van der Waals surface area (Å²) in [6.07, 6.45) is 0.802. The fraction of sp³-hybridized carbons (Fsp3) is 0.300. The van der Waals surface area contributed by atoms with Gasteiger partial charge in [-0.25, -0.2) is 4.79 Å². The molecule has 0 spiro atoms. The number of esters is 1. The molecule has 0 saturated carbocycles. The largest absolute Gasteiger partial charge is 0.496 e. The molecule has 1 amide bonds. The van der Waals surface area contributed by atoms with Crippen molar-refractivity contribution in [3.8, 4) is 17.2 Å². The number of carbonyl (C=O) groups is 2. The van der Waals surface area contributed by atoms with E-state index in [2.05, 4.69) is 5.32 Å². The standard InChI is InChI=1S/C20H21NO6/c1-24-16-6-4-13(10-15(16)20(23)25-2)12-21-19(22)14-5-7-17-18(11-14)27-9-3-8-26-17/h4-7,10-11H,3,8-9,12H2,1-2H3,(H,21,22). The highest BCUT2D eigenvalue weighted by atomic mass is 16.5. The Morgan fingerprint density at radius 3 is 2.56 bits per heavy atom. The summed E-state index contributed by atoms with van der Waals surface area (Å²) in [4.78, 5) is 24.3. The molecule has 1 aliphatic rings. The molecule has 0 unspecified atom stereocenters. The number of carbonyl (C=O) groups excluding carboxylic acids is 2. The number of hydrogen-bond donors (Lipinski definition) is 1. The molecule has 0 saturated heterocycles. The van der Waals surface area contributed by atoms with Crippen LogP contribution in [-0.2, 0) is 11.3 Å². The summed E-state index contributed by atoms with van der Waals surface area (Å²) in [6.45, 7) is 1.40. The number of nitrogens with one attached hydrogen (secondary N) is 1. The van der Waals surface area contributed by atoms with Gasteiger partial charge in [-0.1, -0.05) is 6.07 Å². The minimum Gasteiger partial charge on any atom is -0.496 e. The van der Waals surface area contributed by atoms with Crippen molar-refractivity contribution in [2.45, 2.75) is 13.0 Å². The van der Waals surface area contributed by atoms with E-state index in [-0.39, 0.29) is 12.5 Å². The molecule has 0 aromatic heterocycles. The number of rotatable bonds is 5. The van der Waals surface area contributed by atoms with Crippen molar-refractivity contribution in [3.63, 3.8) is 0 Å². The Bertz CT molecular complexity index is 848. The van der Waals surface area contributed by atoms with E-state index in [0.717, 1.165) is 12.0 Å². The summed E-state index contributed by atoms with van der Waals surface area (Å²) >= 11 is 0. The van der Waals surface area contributed by atoms with Crippen LogP contribution in [0, 0.1) is 0 Å². The monoisotopic (exact) mass is 371 g/mol. The van der Waals surface area contributed by atoms with Gasteiger partial charge in [0, 0.05) is 18.5 Å². The molecule has 0 bridgehead atoms. The van der Waals surface area contributed by atoms with Crippen LogP contribution in [0.4, 0.5) is 0 Å². The van der Waals surface area contributed by atoms with Gasteiger partial charge in [0.1, 0.15) is 11.3 Å². The maximum Gasteiger partial charge on any atom is 0.341 e. The summed E-state index contributed by atoms with van der Waals surface area (Å²) in [5.41, 5.74) is 1.53. The number of hydrogen-bond acceptors (Lipinski definition) is 6. The molecule has 7 heteroatoms. The molecule has 7 nitrogen and oxygen atoms in total. The Balaban J connectivity index is 1.70. The molecule has 1 aliphatic heterocycles. The van der Waals surface area contributed by atoms with Gasteiger partial charge >= 0.3 is 5.97 Å². The van der Waals surface area contributed by atoms with Crippen molar-refractivity contribution in [1.82, 2.24) is 5.32 Å². The zero-order valence-electron chi connectivity index (χ0n) is 15.2. The van der Waals surface area contributed by atoms with Crippen LogP contribution in [0.5, 0.6) is 17.2 Å². The normalized spacial score (nSPS) is 12.7. The molecule has 0 atom stereocenters. The number of fused-ring (bicyclic) bond motifs is 1. The van der Waals surface area contributed by atoms with E-state index in [1.165, 1.54) is 14.2 Å². The van der Waals surface area contributed by atoms with Crippen LogP contribution in [0.1, 0.15) is 32.7 Å². The molecular formula is C20H21NO6. The first-order valence-electron chi connectivity index (χ1n) is 8.55.